The molecule has 1 amide bonds. The third-order valence-corrected chi connectivity index (χ3v) is 4.70. The Morgan fingerprint density at radius 3 is 2.76 bits per heavy atom. The van der Waals surface area contributed by atoms with E-state index < -0.39 is 0 Å². The van der Waals surface area contributed by atoms with Crippen LogP contribution in [0.2, 0.25) is 5.15 Å². The van der Waals surface area contributed by atoms with Gasteiger partial charge in [0.05, 0.1) is 18.7 Å². The van der Waals surface area contributed by atoms with E-state index in [1.165, 1.54) is 6.33 Å². The molecule has 1 fully saturated rings. The second-order valence-corrected chi connectivity index (χ2v) is 6.71. The summed E-state index contributed by atoms with van der Waals surface area (Å²) in [5.41, 5.74) is 0.688. The summed E-state index contributed by atoms with van der Waals surface area (Å²) < 4.78 is 11.6. The zero-order valence-electron chi connectivity index (χ0n) is 14.7. The molecule has 1 aromatic heterocycles. The van der Waals surface area contributed by atoms with Gasteiger partial charge in [-0.1, -0.05) is 11.6 Å². The lowest BCUT2D eigenvalue weighted by molar-refractivity contribution is -0.133. The Morgan fingerprint density at radius 1 is 1.32 bits per heavy atom. The van der Waals surface area contributed by atoms with Crippen LogP contribution in [-0.2, 0) is 4.79 Å². The van der Waals surface area contributed by atoms with Gasteiger partial charge in [0.2, 0.25) is 5.91 Å². The predicted molar refractivity (Wildman–Crippen MR) is 95.2 cm³/mol. The lowest BCUT2D eigenvalue weighted by Gasteiger charge is -2.21. The molecule has 1 aliphatic rings. The van der Waals surface area contributed by atoms with Gasteiger partial charge in [-0.25, -0.2) is 9.97 Å². The van der Waals surface area contributed by atoms with E-state index in [0.29, 0.717) is 40.5 Å². The first kappa shape index (κ1) is 17.7. The molecule has 0 radical (unpaired) electrons. The first-order valence-corrected chi connectivity index (χ1v) is 8.34. The Hall–Kier alpha value is -2.12. The molecule has 0 spiro atoms. The van der Waals surface area contributed by atoms with Crippen molar-refractivity contribution in [3.05, 3.63) is 23.6 Å². The van der Waals surface area contributed by atoms with Gasteiger partial charge in [-0.05, 0) is 13.1 Å². The number of hydrogen-bond donors (Lipinski definition) is 0. The number of nitrogens with zero attached hydrogens (tertiary/aromatic N) is 4. The van der Waals surface area contributed by atoms with Crippen LogP contribution in [0.1, 0.15) is 6.42 Å². The van der Waals surface area contributed by atoms with Crippen molar-refractivity contribution in [2.75, 3.05) is 34.8 Å². The molecule has 25 heavy (non-hydrogen) atoms. The van der Waals surface area contributed by atoms with Gasteiger partial charge in [0.15, 0.2) is 11.5 Å². The molecule has 1 aliphatic heterocycles. The molecule has 0 aliphatic carbocycles. The van der Waals surface area contributed by atoms with E-state index >= 15 is 0 Å². The lowest BCUT2D eigenvalue weighted by Crippen LogP contribution is -2.40. The number of benzene rings is 1. The number of carbonyl (C=O) groups is 1. The minimum atomic E-state index is -0.182. The van der Waals surface area contributed by atoms with E-state index in [2.05, 4.69) is 9.97 Å². The summed E-state index contributed by atoms with van der Waals surface area (Å²) in [7, 11) is 7.03. The smallest absolute Gasteiger partial charge is 0.239 e. The highest BCUT2D eigenvalue weighted by atomic mass is 35.5. The fourth-order valence-corrected chi connectivity index (χ4v) is 3.28. The van der Waals surface area contributed by atoms with Gasteiger partial charge in [-0.2, -0.15) is 0 Å². The Kier molecular flexibility index (Phi) is 4.96. The second-order valence-electron chi connectivity index (χ2n) is 6.35. The topological polar surface area (TPSA) is 67.8 Å². The van der Waals surface area contributed by atoms with Crippen LogP contribution in [0.3, 0.4) is 0 Å². The van der Waals surface area contributed by atoms with Crippen LogP contribution in [0, 0.1) is 0 Å². The van der Waals surface area contributed by atoms with Crippen LogP contribution in [0.4, 0.5) is 0 Å². The SMILES string of the molecule is COc1cc2ncnc(Cl)c2cc1O[C@H]1CC(C(=O)N(C)C)N(C)C1. The standard InChI is InChI=1S/C17H21ClN4O3/c1-21(2)17(23)13-5-10(8-22(13)3)25-15-6-11-12(7-14(15)24-4)19-9-20-16(11)18/h6-7,9-10,13H,5,8H2,1-4H3/t10-,13?/m0/s1. The van der Waals surface area contributed by atoms with Crippen molar-refractivity contribution in [2.45, 2.75) is 18.6 Å². The molecule has 1 unspecified atom stereocenters. The van der Waals surface area contributed by atoms with E-state index in [9.17, 15) is 4.79 Å². The molecule has 0 saturated carbocycles. The number of aromatic nitrogens is 2. The van der Waals surface area contributed by atoms with E-state index in [0.717, 1.165) is 0 Å². The molecule has 1 saturated heterocycles. The quantitative estimate of drug-likeness (QED) is 0.771. The highest BCUT2D eigenvalue weighted by molar-refractivity contribution is 6.34. The maximum absolute atomic E-state index is 12.3. The first-order chi connectivity index (χ1) is 11.9. The summed E-state index contributed by atoms with van der Waals surface area (Å²) in [6, 6.07) is 3.38. The van der Waals surface area contributed by atoms with Crippen molar-refractivity contribution < 1.29 is 14.3 Å². The second kappa shape index (κ2) is 7.01. The number of ether oxygens (including phenoxy) is 2. The average molecular weight is 365 g/mol. The number of halogens is 1. The molecule has 2 heterocycles. The fourth-order valence-electron chi connectivity index (χ4n) is 3.09. The molecule has 0 N–H and O–H groups in total. The molecule has 7 nitrogen and oxygen atoms in total. The number of likely N-dealkylation sites (tertiary alicyclic amines) is 1. The highest BCUT2D eigenvalue weighted by Gasteiger charge is 2.36. The van der Waals surface area contributed by atoms with Gasteiger partial charge < -0.3 is 14.4 Å². The number of amides is 1. The maximum Gasteiger partial charge on any atom is 0.239 e. The Morgan fingerprint density at radius 2 is 2.08 bits per heavy atom. The summed E-state index contributed by atoms with van der Waals surface area (Å²) in [4.78, 5) is 24.1. The van der Waals surface area contributed by atoms with Gasteiger partial charge in [-0.15, -0.1) is 0 Å². The molecule has 0 bridgehead atoms. The zero-order valence-corrected chi connectivity index (χ0v) is 15.4. The van der Waals surface area contributed by atoms with E-state index in [1.54, 1.807) is 38.2 Å². The van der Waals surface area contributed by atoms with Crippen molar-refractivity contribution in [2.24, 2.45) is 0 Å². The lowest BCUT2D eigenvalue weighted by atomic mass is 10.1. The molecule has 3 rings (SSSR count). The Bertz CT molecular complexity index is 799. The van der Waals surface area contributed by atoms with Crippen molar-refractivity contribution in [3.63, 3.8) is 0 Å². The molecular weight excluding hydrogens is 344 g/mol. The van der Waals surface area contributed by atoms with Crippen molar-refractivity contribution in [1.29, 1.82) is 0 Å². The normalized spacial score (nSPS) is 20.7. The number of hydrogen-bond acceptors (Lipinski definition) is 6. The van der Waals surface area contributed by atoms with Gasteiger partial charge in [-0.3, -0.25) is 9.69 Å². The minimum absolute atomic E-state index is 0.0792. The number of fused-ring (bicyclic) bond motifs is 1. The third kappa shape index (κ3) is 3.48. The maximum atomic E-state index is 12.3. The van der Waals surface area contributed by atoms with Crippen LogP contribution < -0.4 is 9.47 Å². The summed E-state index contributed by atoms with van der Waals surface area (Å²) in [6.07, 6.45) is 1.91. The van der Waals surface area contributed by atoms with Crippen LogP contribution in [-0.4, -0.2) is 72.6 Å². The molecule has 8 heteroatoms. The summed E-state index contributed by atoms with van der Waals surface area (Å²) in [5, 5.41) is 1.06. The highest BCUT2D eigenvalue weighted by Crippen LogP contribution is 2.35. The van der Waals surface area contributed by atoms with Gasteiger partial charge in [0, 0.05) is 38.5 Å². The molecule has 2 atom stereocenters. The van der Waals surface area contributed by atoms with E-state index in [4.69, 9.17) is 21.1 Å². The number of methoxy groups -OCH3 is 1. The summed E-state index contributed by atoms with van der Waals surface area (Å²) in [5.74, 6) is 1.23. The zero-order chi connectivity index (χ0) is 18.1. The van der Waals surface area contributed by atoms with Crippen molar-refractivity contribution in [1.82, 2.24) is 19.8 Å². The average Bonchev–Trinajstić information content (AvgIpc) is 2.94. The molecule has 2 aromatic rings. The molecule has 134 valence electrons. The largest absolute Gasteiger partial charge is 0.493 e. The number of rotatable bonds is 4. The molecule has 1 aromatic carbocycles. The van der Waals surface area contributed by atoms with E-state index in [-0.39, 0.29) is 18.1 Å². The minimum Gasteiger partial charge on any atom is -0.493 e. The van der Waals surface area contributed by atoms with E-state index in [1.807, 2.05) is 11.9 Å². The monoisotopic (exact) mass is 364 g/mol. The summed E-state index contributed by atoms with van der Waals surface area (Å²) in [6.45, 7) is 0.657. The van der Waals surface area contributed by atoms with Crippen molar-refractivity contribution in [3.8, 4) is 11.5 Å². The third-order valence-electron chi connectivity index (χ3n) is 4.40. The van der Waals surface area contributed by atoms with Crippen molar-refractivity contribution >= 4 is 28.4 Å². The fraction of sp³-hybridized carbons (Fsp3) is 0.471. The summed E-state index contributed by atoms with van der Waals surface area (Å²) >= 11 is 6.16. The van der Waals surface area contributed by atoms with Gasteiger partial charge in [0.1, 0.15) is 17.6 Å². The Balaban J connectivity index is 1.85. The first-order valence-electron chi connectivity index (χ1n) is 7.97. The van der Waals surface area contributed by atoms with Crippen LogP contribution >= 0.6 is 11.6 Å². The Labute approximate surface area is 151 Å². The van der Waals surface area contributed by atoms with Crippen LogP contribution in [0.15, 0.2) is 18.5 Å². The van der Waals surface area contributed by atoms with Gasteiger partial charge in [0.25, 0.3) is 0 Å². The molecular formula is C17H21ClN4O3. The number of likely N-dealkylation sites (N-methyl/N-ethyl adjacent to an activating group) is 2. The van der Waals surface area contributed by atoms with Crippen LogP contribution in [0.5, 0.6) is 11.5 Å². The predicted octanol–water partition coefficient (Wildman–Crippen LogP) is 1.83. The number of carbonyl (C=O) groups excluding carboxylic acids is 1. The van der Waals surface area contributed by atoms with Gasteiger partial charge >= 0.3 is 0 Å². The van der Waals surface area contributed by atoms with Crippen LogP contribution in [0.25, 0.3) is 10.9 Å².